The molecular weight excluding hydrogens is 284 g/mol. The molecule has 0 aromatic carbocycles. The van der Waals surface area contributed by atoms with Crippen molar-refractivity contribution in [1.82, 2.24) is 14.9 Å². The zero-order chi connectivity index (χ0) is 15.5. The second-order valence-electron chi connectivity index (χ2n) is 6.96. The van der Waals surface area contributed by atoms with Crippen molar-refractivity contribution in [1.29, 1.82) is 0 Å². The quantitative estimate of drug-likeness (QED) is 0.872. The van der Waals surface area contributed by atoms with Crippen LogP contribution in [-0.2, 0) is 6.54 Å². The first-order chi connectivity index (χ1) is 11.3. The molecule has 23 heavy (non-hydrogen) atoms. The predicted octanol–water partition coefficient (Wildman–Crippen LogP) is 2.97. The van der Waals surface area contributed by atoms with E-state index < -0.39 is 0 Å². The highest BCUT2D eigenvalue weighted by atomic mass is 15.2. The highest BCUT2D eigenvalue weighted by Gasteiger charge is 2.40. The van der Waals surface area contributed by atoms with E-state index in [9.17, 15) is 0 Å². The van der Waals surface area contributed by atoms with Crippen molar-refractivity contribution >= 4 is 5.82 Å². The molecule has 0 amide bonds. The molecule has 1 spiro atoms. The molecule has 2 fully saturated rings. The van der Waals surface area contributed by atoms with E-state index in [0.29, 0.717) is 5.41 Å². The Kier molecular flexibility index (Phi) is 4.00. The van der Waals surface area contributed by atoms with Crippen LogP contribution in [0, 0.1) is 5.41 Å². The van der Waals surface area contributed by atoms with Gasteiger partial charge in [-0.05, 0) is 62.0 Å². The summed E-state index contributed by atoms with van der Waals surface area (Å²) >= 11 is 0. The van der Waals surface area contributed by atoms with Gasteiger partial charge in [-0.25, -0.2) is 4.98 Å². The van der Waals surface area contributed by atoms with Gasteiger partial charge in [0.2, 0.25) is 0 Å². The van der Waals surface area contributed by atoms with Crippen molar-refractivity contribution < 1.29 is 0 Å². The standard InChI is InChI=1S/C19H24N4/c1-3-10-20-17(5-1)15-22-12-7-19(8-13-22)9-14-23(16-19)18-6-2-4-11-21-18/h1-6,10-11H,7-9,12-16H2. The molecule has 4 nitrogen and oxygen atoms in total. The average Bonchev–Trinajstić information content (AvgIpc) is 3.03. The highest BCUT2D eigenvalue weighted by molar-refractivity contribution is 5.39. The highest BCUT2D eigenvalue weighted by Crippen LogP contribution is 2.41. The molecule has 0 aliphatic carbocycles. The summed E-state index contributed by atoms with van der Waals surface area (Å²) in [6, 6.07) is 12.4. The van der Waals surface area contributed by atoms with E-state index in [-0.39, 0.29) is 0 Å². The maximum Gasteiger partial charge on any atom is 0.128 e. The SMILES string of the molecule is c1ccc(CN2CCC3(CC2)CCN(c2ccccn2)C3)nc1. The Bertz CT molecular complexity index is 620. The Hall–Kier alpha value is -1.94. The molecule has 2 aromatic rings. The molecular formula is C19H24N4. The van der Waals surface area contributed by atoms with Gasteiger partial charge in [0.15, 0.2) is 0 Å². The van der Waals surface area contributed by atoms with Gasteiger partial charge in [-0.15, -0.1) is 0 Å². The van der Waals surface area contributed by atoms with Crippen molar-refractivity contribution in [3.8, 4) is 0 Å². The van der Waals surface area contributed by atoms with Crippen molar-refractivity contribution in [2.24, 2.45) is 5.41 Å². The second-order valence-corrected chi connectivity index (χ2v) is 6.96. The van der Waals surface area contributed by atoms with Gasteiger partial charge in [-0.1, -0.05) is 12.1 Å². The van der Waals surface area contributed by atoms with Crippen LogP contribution in [0.5, 0.6) is 0 Å². The van der Waals surface area contributed by atoms with Crippen molar-refractivity contribution in [2.45, 2.75) is 25.8 Å². The number of hydrogen-bond donors (Lipinski definition) is 0. The molecule has 4 rings (SSSR count). The first-order valence-corrected chi connectivity index (χ1v) is 8.61. The van der Waals surface area contributed by atoms with Crippen LogP contribution in [0.15, 0.2) is 48.8 Å². The third-order valence-corrected chi connectivity index (χ3v) is 5.44. The molecule has 0 saturated carbocycles. The first kappa shape index (κ1) is 14.6. The topological polar surface area (TPSA) is 32.3 Å². The maximum absolute atomic E-state index is 4.52. The van der Waals surface area contributed by atoms with E-state index in [1.54, 1.807) is 0 Å². The third-order valence-electron chi connectivity index (χ3n) is 5.44. The number of rotatable bonds is 3. The van der Waals surface area contributed by atoms with Gasteiger partial charge in [-0.2, -0.15) is 0 Å². The number of likely N-dealkylation sites (tertiary alicyclic amines) is 1. The number of aromatic nitrogens is 2. The number of pyridine rings is 2. The minimum Gasteiger partial charge on any atom is -0.356 e. The summed E-state index contributed by atoms with van der Waals surface area (Å²) in [5.74, 6) is 1.14. The van der Waals surface area contributed by atoms with Crippen LogP contribution in [0.1, 0.15) is 25.0 Å². The van der Waals surface area contributed by atoms with Gasteiger partial charge in [-0.3, -0.25) is 9.88 Å². The zero-order valence-corrected chi connectivity index (χ0v) is 13.6. The van der Waals surface area contributed by atoms with Crippen LogP contribution in [0.3, 0.4) is 0 Å². The number of hydrogen-bond acceptors (Lipinski definition) is 4. The average molecular weight is 308 g/mol. The summed E-state index contributed by atoms with van der Waals surface area (Å²) in [6.07, 6.45) is 7.69. The molecule has 0 N–H and O–H groups in total. The Labute approximate surface area is 138 Å². The molecule has 2 aliphatic heterocycles. The smallest absolute Gasteiger partial charge is 0.128 e. The van der Waals surface area contributed by atoms with E-state index >= 15 is 0 Å². The molecule has 4 heteroatoms. The van der Waals surface area contributed by atoms with Crippen molar-refractivity contribution in [2.75, 3.05) is 31.1 Å². The second kappa shape index (κ2) is 6.28. The lowest BCUT2D eigenvalue weighted by atomic mass is 9.78. The van der Waals surface area contributed by atoms with Gasteiger partial charge in [0.25, 0.3) is 0 Å². The summed E-state index contributed by atoms with van der Waals surface area (Å²) < 4.78 is 0. The van der Waals surface area contributed by atoms with Crippen LogP contribution in [0.25, 0.3) is 0 Å². The van der Waals surface area contributed by atoms with Crippen LogP contribution >= 0.6 is 0 Å². The lowest BCUT2D eigenvalue weighted by molar-refractivity contribution is 0.114. The molecule has 0 radical (unpaired) electrons. The zero-order valence-electron chi connectivity index (χ0n) is 13.6. The number of nitrogens with zero attached hydrogens (tertiary/aromatic N) is 4. The molecule has 0 atom stereocenters. The third kappa shape index (κ3) is 3.22. The van der Waals surface area contributed by atoms with Gasteiger partial charge in [0.1, 0.15) is 5.82 Å². The number of anilines is 1. The van der Waals surface area contributed by atoms with E-state index in [4.69, 9.17) is 0 Å². The molecule has 2 saturated heterocycles. The minimum absolute atomic E-state index is 0.498. The Balaban J connectivity index is 1.35. The molecule has 2 aliphatic rings. The van der Waals surface area contributed by atoms with Gasteiger partial charge in [0, 0.05) is 32.0 Å². The molecule has 2 aromatic heterocycles. The summed E-state index contributed by atoms with van der Waals surface area (Å²) in [7, 11) is 0. The predicted molar refractivity (Wildman–Crippen MR) is 92.2 cm³/mol. The Morgan fingerprint density at radius 3 is 2.30 bits per heavy atom. The van der Waals surface area contributed by atoms with Gasteiger partial charge >= 0.3 is 0 Å². The van der Waals surface area contributed by atoms with Crippen LogP contribution in [0.4, 0.5) is 5.82 Å². The fourth-order valence-electron chi connectivity index (χ4n) is 3.99. The van der Waals surface area contributed by atoms with Crippen molar-refractivity contribution in [3.05, 3.63) is 54.5 Å². The van der Waals surface area contributed by atoms with Crippen LogP contribution in [0.2, 0.25) is 0 Å². The maximum atomic E-state index is 4.52. The summed E-state index contributed by atoms with van der Waals surface area (Å²) in [6.45, 7) is 5.68. The minimum atomic E-state index is 0.498. The Morgan fingerprint density at radius 2 is 1.61 bits per heavy atom. The monoisotopic (exact) mass is 308 g/mol. The lowest BCUT2D eigenvalue weighted by Crippen LogP contribution is -2.41. The fourth-order valence-corrected chi connectivity index (χ4v) is 3.99. The molecule has 4 heterocycles. The van der Waals surface area contributed by atoms with E-state index in [1.165, 1.54) is 44.6 Å². The van der Waals surface area contributed by atoms with Crippen molar-refractivity contribution in [3.63, 3.8) is 0 Å². The number of piperidine rings is 1. The normalized spacial score (nSPS) is 21.0. The Morgan fingerprint density at radius 1 is 0.870 bits per heavy atom. The molecule has 0 unspecified atom stereocenters. The summed E-state index contributed by atoms with van der Waals surface area (Å²) in [4.78, 5) is 14.0. The lowest BCUT2D eigenvalue weighted by Gasteiger charge is -2.39. The van der Waals surface area contributed by atoms with E-state index in [0.717, 1.165) is 18.9 Å². The fraction of sp³-hybridized carbons (Fsp3) is 0.474. The van der Waals surface area contributed by atoms with E-state index in [2.05, 4.69) is 44.0 Å². The molecule has 0 bridgehead atoms. The first-order valence-electron chi connectivity index (χ1n) is 8.61. The van der Waals surface area contributed by atoms with E-state index in [1.807, 2.05) is 24.5 Å². The summed E-state index contributed by atoms with van der Waals surface area (Å²) in [5, 5.41) is 0. The summed E-state index contributed by atoms with van der Waals surface area (Å²) in [5.41, 5.74) is 1.68. The largest absolute Gasteiger partial charge is 0.356 e. The van der Waals surface area contributed by atoms with Gasteiger partial charge < -0.3 is 4.90 Å². The molecule has 120 valence electrons. The van der Waals surface area contributed by atoms with Crippen LogP contribution in [-0.4, -0.2) is 41.0 Å². The van der Waals surface area contributed by atoms with Gasteiger partial charge in [0.05, 0.1) is 5.69 Å². The van der Waals surface area contributed by atoms with Crippen LogP contribution < -0.4 is 4.90 Å².